The highest BCUT2D eigenvalue weighted by Gasteiger charge is 2.18. The Morgan fingerprint density at radius 1 is 1.23 bits per heavy atom. The number of anilines is 3. The number of nitrogens with zero attached hydrogens (tertiary/aromatic N) is 2. The summed E-state index contributed by atoms with van der Waals surface area (Å²) in [5.74, 6) is 1.92. The molecule has 0 amide bonds. The van der Waals surface area contributed by atoms with Crippen molar-refractivity contribution >= 4 is 23.6 Å². The summed E-state index contributed by atoms with van der Waals surface area (Å²) in [6.45, 7) is 5.03. The quantitative estimate of drug-likeness (QED) is 0.382. The van der Waals surface area contributed by atoms with Crippen LogP contribution < -0.4 is 20.7 Å². The van der Waals surface area contributed by atoms with Gasteiger partial charge < -0.3 is 25.4 Å². The molecule has 2 aromatic rings. The molecule has 1 aromatic heterocycles. The van der Waals surface area contributed by atoms with E-state index in [1.54, 1.807) is 0 Å². The van der Waals surface area contributed by atoms with E-state index in [1.165, 1.54) is 0 Å². The van der Waals surface area contributed by atoms with Crippen molar-refractivity contribution in [3.05, 3.63) is 35.7 Å². The lowest BCUT2D eigenvalue weighted by Crippen LogP contribution is -2.29. The van der Waals surface area contributed by atoms with Crippen LogP contribution in [0.15, 0.2) is 24.3 Å². The first-order valence-corrected chi connectivity index (χ1v) is 10.6. The highest BCUT2D eigenvalue weighted by Crippen LogP contribution is 2.25. The number of hydrogen-bond acceptors (Lipinski definition) is 8. The molecule has 3 N–H and O–H groups in total. The molecular weight excluding hydrogens is 382 g/mol. The van der Waals surface area contributed by atoms with Gasteiger partial charge >= 0.3 is 0 Å². The monoisotopic (exact) mass is 413 g/mol. The predicted octanol–water partition coefficient (Wildman–Crippen LogP) is 3.17. The molecule has 0 bridgehead atoms. The van der Waals surface area contributed by atoms with Crippen molar-refractivity contribution in [2.24, 2.45) is 0 Å². The number of aryl methyl sites for hydroxylation is 1. The van der Waals surface area contributed by atoms with Crippen LogP contribution >= 0.6 is 0 Å². The number of benzene rings is 1. The molecule has 1 aromatic carbocycles. The van der Waals surface area contributed by atoms with Gasteiger partial charge in [0.1, 0.15) is 17.3 Å². The van der Waals surface area contributed by atoms with Gasteiger partial charge in [0, 0.05) is 31.0 Å². The molecule has 162 valence electrons. The average molecular weight is 414 g/mol. The topological polar surface area (TPSA) is 97.4 Å². The van der Waals surface area contributed by atoms with Gasteiger partial charge in [0.25, 0.3) is 0 Å². The maximum atomic E-state index is 11.6. The average Bonchev–Trinajstić information content (AvgIpc) is 2.78. The van der Waals surface area contributed by atoms with Crippen molar-refractivity contribution in [3.63, 3.8) is 0 Å². The molecule has 0 spiro atoms. The SMILES string of the molecule is CCc1nc(C=O)c(Nc2cccc(OCCCNC)c2)nc1NC1CCOCC1. The minimum Gasteiger partial charge on any atom is -0.493 e. The predicted molar refractivity (Wildman–Crippen MR) is 118 cm³/mol. The first kappa shape index (κ1) is 22.0. The molecule has 8 nitrogen and oxygen atoms in total. The molecule has 2 heterocycles. The van der Waals surface area contributed by atoms with E-state index in [-0.39, 0.29) is 0 Å². The summed E-state index contributed by atoms with van der Waals surface area (Å²) in [5, 5.41) is 9.82. The fourth-order valence-electron chi connectivity index (χ4n) is 3.30. The number of carbonyl (C=O) groups is 1. The second-order valence-corrected chi connectivity index (χ2v) is 7.21. The second-order valence-electron chi connectivity index (χ2n) is 7.21. The van der Waals surface area contributed by atoms with E-state index in [2.05, 4.69) is 20.9 Å². The van der Waals surface area contributed by atoms with E-state index in [0.717, 1.165) is 68.3 Å². The maximum Gasteiger partial charge on any atom is 0.172 e. The normalized spacial score (nSPS) is 14.3. The molecule has 8 heteroatoms. The molecule has 0 radical (unpaired) electrons. The fourth-order valence-corrected chi connectivity index (χ4v) is 3.30. The lowest BCUT2D eigenvalue weighted by Gasteiger charge is -2.25. The smallest absolute Gasteiger partial charge is 0.172 e. The summed E-state index contributed by atoms with van der Waals surface area (Å²) < 4.78 is 11.2. The lowest BCUT2D eigenvalue weighted by molar-refractivity contribution is 0.0903. The Bertz CT molecular complexity index is 824. The second kappa shape index (κ2) is 11.5. The molecule has 1 saturated heterocycles. The molecule has 0 unspecified atom stereocenters. The molecule has 0 aliphatic carbocycles. The van der Waals surface area contributed by atoms with Gasteiger partial charge in [-0.05, 0) is 51.4 Å². The van der Waals surface area contributed by atoms with Gasteiger partial charge in [-0.25, -0.2) is 9.97 Å². The summed E-state index contributed by atoms with van der Waals surface area (Å²) >= 11 is 0. The van der Waals surface area contributed by atoms with E-state index in [1.807, 2.05) is 38.2 Å². The van der Waals surface area contributed by atoms with Crippen LogP contribution in [0.2, 0.25) is 0 Å². The van der Waals surface area contributed by atoms with Gasteiger partial charge in [-0.1, -0.05) is 13.0 Å². The van der Waals surface area contributed by atoms with Crippen LogP contribution in [0.1, 0.15) is 42.4 Å². The molecule has 1 aliphatic rings. The van der Waals surface area contributed by atoms with E-state index < -0.39 is 0 Å². The summed E-state index contributed by atoms with van der Waals surface area (Å²) in [6.07, 6.45) is 4.21. The van der Waals surface area contributed by atoms with Crippen LogP contribution in [0, 0.1) is 0 Å². The van der Waals surface area contributed by atoms with Crippen molar-refractivity contribution in [2.75, 3.05) is 44.0 Å². The van der Waals surface area contributed by atoms with Crippen molar-refractivity contribution in [3.8, 4) is 5.75 Å². The van der Waals surface area contributed by atoms with Crippen molar-refractivity contribution < 1.29 is 14.3 Å². The standard InChI is InChI=1S/C22H31N5O3/c1-3-19-21(24-16-8-12-29-13-9-16)27-22(20(15-28)26-19)25-17-6-4-7-18(14-17)30-11-5-10-23-2/h4,6-7,14-16,23H,3,5,8-13H2,1-2H3,(H2,24,25,27). The van der Waals surface area contributed by atoms with Gasteiger partial charge in [0.05, 0.1) is 12.3 Å². The molecule has 0 atom stereocenters. The zero-order valence-electron chi connectivity index (χ0n) is 17.7. The van der Waals surface area contributed by atoms with E-state index in [9.17, 15) is 4.79 Å². The van der Waals surface area contributed by atoms with Crippen LogP contribution in [-0.2, 0) is 11.2 Å². The third-order valence-electron chi connectivity index (χ3n) is 4.94. The number of rotatable bonds is 11. The minimum absolute atomic E-state index is 0.294. The largest absolute Gasteiger partial charge is 0.493 e. The van der Waals surface area contributed by atoms with Crippen LogP contribution in [0.3, 0.4) is 0 Å². The molecule has 1 fully saturated rings. The number of aldehydes is 1. The Morgan fingerprint density at radius 2 is 2.07 bits per heavy atom. The van der Waals surface area contributed by atoms with Gasteiger partial charge in [-0.3, -0.25) is 4.79 Å². The molecule has 1 aliphatic heterocycles. The first-order valence-electron chi connectivity index (χ1n) is 10.6. The number of aromatic nitrogens is 2. The summed E-state index contributed by atoms with van der Waals surface area (Å²) in [6, 6.07) is 7.92. The Morgan fingerprint density at radius 3 is 2.80 bits per heavy atom. The fraction of sp³-hybridized carbons (Fsp3) is 0.500. The van der Waals surface area contributed by atoms with Crippen LogP contribution in [0.4, 0.5) is 17.3 Å². The minimum atomic E-state index is 0.294. The number of hydrogen-bond donors (Lipinski definition) is 3. The maximum absolute atomic E-state index is 11.6. The van der Waals surface area contributed by atoms with Crippen molar-refractivity contribution in [1.29, 1.82) is 0 Å². The highest BCUT2D eigenvalue weighted by molar-refractivity contribution is 5.82. The third kappa shape index (κ3) is 6.14. The lowest BCUT2D eigenvalue weighted by atomic mass is 10.1. The summed E-state index contributed by atoms with van der Waals surface area (Å²) in [5.41, 5.74) is 1.88. The van der Waals surface area contributed by atoms with Gasteiger partial charge in [-0.15, -0.1) is 0 Å². The van der Waals surface area contributed by atoms with Gasteiger partial charge in [0.2, 0.25) is 0 Å². The van der Waals surface area contributed by atoms with Crippen LogP contribution in [0.5, 0.6) is 5.75 Å². The van der Waals surface area contributed by atoms with Crippen LogP contribution in [0.25, 0.3) is 0 Å². The Labute approximate surface area is 177 Å². The van der Waals surface area contributed by atoms with Crippen molar-refractivity contribution in [1.82, 2.24) is 15.3 Å². The number of ether oxygens (including phenoxy) is 2. The molecule has 30 heavy (non-hydrogen) atoms. The molecule has 3 rings (SSSR count). The summed E-state index contributed by atoms with van der Waals surface area (Å²) in [7, 11) is 1.92. The van der Waals surface area contributed by atoms with E-state index in [0.29, 0.717) is 30.6 Å². The van der Waals surface area contributed by atoms with Crippen LogP contribution in [-0.4, -0.2) is 55.7 Å². The Kier molecular flexibility index (Phi) is 8.41. The summed E-state index contributed by atoms with van der Waals surface area (Å²) in [4.78, 5) is 20.9. The molecule has 0 saturated carbocycles. The zero-order chi connectivity index (χ0) is 21.2. The van der Waals surface area contributed by atoms with E-state index >= 15 is 0 Å². The number of nitrogens with one attached hydrogen (secondary N) is 3. The first-order chi connectivity index (χ1) is 14.7. The highest BCUT2D eigenvalue weighted by atomic mass is 16.5. The third-order valence-corrected chi connectivity index (χ3v) is 4.94. The van der Waals surface area contributed by atoms with E-state index in [4.69, 9.17) is 14.5 Å². The zero-order valence-corrected chi connectivity index (χ0v) is 17.7. The molecular formula is C22H31N5O3. The van der Waals surface area contributed by atoms with Gasteiger partial charge in [0.15, 0.2) is 12.1 Å². The van der Waals surface area contributed by atoms with Gasteiger partial charge in [-0.2, -0.15) is 0 Å². The van der Waals surface area contributed by atoms with Crippen molar-refractivity contribution in [2.45, 2.75) is 38.6 Å². The Balaban J connectivity index is 1.77. The number of carbonyl (C=O) groups excluding carboxylic acids is 1. The Hall–Kier alpha value is -2.71.